The van der Waals surface area contributed by atoms with Crippen molar-refractivity contribution < 1.29 is 14.0 Å². The number of hydrogen-bond donors (Lipinski definition) is 1. The van der Waals surface area contributed by atoms with Gasteiger partial charge in [-0.1, -0.05) is 13.8 Å². The molecule has 0 spiro atoms. The van der Waals surface area contributed by atoms with Crippen molar-refractivity contribution in [3.05, 3.63) is 53.1 Å². The van der Waals surface area contributed by atoms with Crippen LogP contribution in [0.1, 0.15) is 55.2 Å². The van der Waals surface area contributed by atoms with Crippen molar-refractivity contribution in [2.24, 2.45) is 0 Å². The number of piperazine rings is 1. The van der Waals surface area contributed by atoms with Gasteiger partial charge in [-0.3, -0.25) is 14.5 Å². The second kappa shape index (κ2) is 9.16. The lowest BCUT2D eigenvalue weighted by Gasteiger charge is -2.38. The van der Waals surface area contributed by atoms with E-state index in [1.165, 1.54) is 12.1 Å². The molecule has 0 radical (unpaired) electrons. The highest BCUT2D eigenvalue weighted by atomic mass is 19.1. The Hall–Kier alpha value is -3.13. The lowest BCUT2D eigenvalue weighted by Crippen LogP contribution is -2.60. The van der Waals surface area contributed by atoms with E-state index in [0.29, 0.717) is 17.6 Å². The summed E-state index contributed by atoms with van der Waals surface area (Å²) in [6.07, 6.45) is 2.32. The van der Waals surface area contributed by atoms with E-state index in [0.717, 1.165) is 35.5 Å². The first-order valence-electron chi connectivity index (χ1n) is 10.7. The second-order valence-electron chi connectivity index (χ2n) is 8.89. The zero-order valence-corrected chi connectivity index (χ0v) is 19.4. The van der Waals surface area contributed by atoms with Crippen LogP contribution in [-0.4, -0.2) is 57.4 Å². The summed E-state index contributed by atoms with van der Waals surface area (Å²) in [4.78, 5) is 28.5. The van der Waals surface area contributed by atoms with Gasteiger partial charge in [-0.05, 0) is 63.6 Å². The zero-order valence-electron chi connectivity index (χ0n) is 19.4. The number of aldehydes is 1. The van der Waals surface area contributed by atoms with Crippen molar-refractivity contribution in [1.82, 2.24) is 24.8 Å². The molecular formula is C24H30FN5O2. The Labute approximate surface area is 187 Å². The number of halogens is 1. The van der Waals surface area contributed by atoms with E-state index < -0.39 is 0 Å². The lowest BCUT2D eigenvalue weighted by atomic mass is 10.00. The SMILES string of the molecule is CN1CCNC(=O)C1(C)C.Cc1cc(F)ccc1-c1cc(C(C)C)c2nc(C=O)cn2n1. The van der Waals surface area contributed by atoms with Crippen LogP contribution >= 0.6 is 0 Å². The van der Waals surface area contributed by atoms with Gasteiger partial charge in [0.15, 0.2) is 11.9 Å². The summed E-state index contributed by atoms with van der Waals surface area (Å²) >= 11 is 0. The fraction of sp³-hybridized carbons (Fsp3) is 0.417. The maximum atomic E-state index is 13.3. The molecule has 7 nitrogen and oxygen atoms in total. The average Bonchev–Trinajstić information content (AvgIpc) is 3.15. The molecule has 8 heteroatoms. The first-order chi connectivity index (χ1) is 15.0. The topological polar surface area (TPSA) is 79.6 Å². The smallest absolute Gasteiger partial charge is 0.239 e. The van der Waals surface area contributed by atoms with Crippen LogP contribution < -0.4 is 5.32 Å². The van der Waals surface area contributed by atoms with Gasteiger partial charge in [0.2, 0.25) is 5.91 Å². The van der Waals surface area contributed by atoms with E-state index in [1.807, 2.05) is 33.9 Å². The molecule has 0 atom stereocenters. The van der Waals surface area contributed by atoms with Gasteiger partial charge in [-0.2, -0.15) is 5.10 Å². The minimum absolute atomic E-state index is 0.126. The Morgan fingerprint density at radius 3 is 2.53 bits per heavy atom. The van der Waals surface area contributed by atoms with E-state index in [4.69, 9.17) is 0 Å². The molecule has 1 aliphatic rings. The number of nitrogens with zero attached hydrogens (tertiary/aromatic N) is 4. The number of imidazole rings is 1. The second-order valence-corrected chi connectivity index (χ2v) is 8.89. The van der Waals surface area contributed by atoms with Crippen molar-refractivity contribution >= 4 is 17.8 Å². The maximum absolute atomic E-state index is 13.3. The molecule has 3 aromatic rings. The van der Waals surface area contributed by atoms with E-state index in [-0.39, 0.29) is 23.2 Å². The molecular weight excluding hydrogens is 409 g/mol. The van der Waals surface area contributed by atoms with Crippen molar-refractivity contribution in [2.45, 2.75) is 46.1 Å². The molecule has 1 N–H and O–H groups in total. The summed E-state index contributed by atoms with van der Waals surface area (Å²) in [6.45, 7) is 11.6. The van der Waals surface area contributed by atoms with Crippen LogP contribution in [0.2, 0.25) is 0 Å². The number of hydrogen-bond acceptors (Lipinski definition) is 5. The minimum atomic E-state index is -0.321. The number of rotatable bonds is 3. The normalized spacial score (nSPS) is 15.9. The van der Waals surface area contributed by atoms with Gasteiger partial charge in [-0.15, -0.1) is 0 Å². The van der Waals surface area contributed by atoms with Crippen LogP contribution in [0.15, 0.2) is 30.5 Å². The van der Waals surface area contributed by atoms with Crippen LogP contribution in [0, 0.1) is 12.7 Å². The van der Waals surface area contributed by atoms with Gasteiger partial charge < -0.3 is 5.32 Å². The summed E-state index contributed by atoms with van der Waals surface area (Å²) in [5, 5.41) is 7.34. The van der Waals surface area contributed by atoms with Crippen LogP contribution in [0.3, 0.4) is 0 Å². The Morgan fingerprint density at radius 1 is 1.25 bits per heavy atom. The van der Waals surface area contributed by atoms with Crippen molar-refractivity contribution in [3.63, 3.8) is 0 Å². The molecule has 1 amide bonds. The molecule has 32 heavy (non-hydrogen) atoms. The van der Waals surface area contributed by atoms with E-state index in [1.54, 1.807) is 16.8 Å². The highest BCUT2D eigenvalue weighted by Gasteiger charge is 2.34. The molecule has 0 unspecified atom stereocenters. The molecule has 4 rings (SSSR count). The van der Waals surface area contributed by atoms with Gasteiger partial charge in [-0.25, -0.2) is 13.9 Å². The predicted octanol–water partition coefficient (Wildman–Crippen LogP) is 3.61. The van der Waals surface area contributed by atoms with Gasteiger partial charge in [0.05, 0.1) is 17.4 Å². The maximum Gasteiger partial charge on any atom is 0.239 e. The van der Waals surface area contributed by atoms with Gasteiger partial charge in [0, 0.05) is 24.2 Å². The van der Waals surface area contributed by atoms with E-state index >= 15 is 0 Å². The predicted molar refractivity (Wildman–Crippen MR) is 122 cm³/mol. The monoisotopic (exact) mass is 439 g/mol. The molecule has 170 valence electrons. The molecule has 0 aliphatic carbocycles. The Balaban J connectivity index is 0.000000243. The van der Waals surface area contributed by atoms with E-state index in [2.05, 4.69) is 34.1 Å². The Kier molecular flexibility index (Phi) is 6.74. The number of amides is 1. The largest absolute Gasteiger partial charge is 0.353 e. The van der Waals surface area contributed by atoms with Gasteiger partial charge >= 0.3 is 0 Å². The summed E-state index contributed by atoms with van der Waals surface area (Å²) in [6, 6.07) is 6.59. The number of aromatic nitrogens is 3. The number of benzene rings is 1. The zero-order chi connectivity index (χ0) is 23.6. The Morgan fingerprint density at radius 2 is 1.97 bits per heavy atom. The molecule has 1 aromatic carbocycles. The standard InChI is InChI=1S/C17H16FN3O.C7H14N2O/c1-10(2)15-7-16(14-5-4-12(18)6-11(14)3)20-21-8-13(9-22)19-17(15)21;1-7(2)6(10)8-4-5-9(7)3/h4-10H,1-3H3;4-5H2,1-3H3,(H,8,10). The molecule has 1 aliphatic heterocycles. The number of likely N-dealkylation sites (N-methyl/N-ethyl adjacent to an activating group) is 1. The first kappa shape index (κ1) is 23.5. The highest BCUT2D eigenvalue weighted by molar-refractivity contribution is 5.86. The quantitative estimate of drug-likeness (QED) is 0.631. The highest BCUT2D eigenvalue weighted by Crippen LogP contribution is 2.27. The van der Waals surface area contributed by atoms with Crippen LogP contribution in [0.25, 0.3) is 16.9 Å². The van der Waals surface area contributed by atoms with Crippen LogP contribution in [-0.2, 0) is 4.79 Å². The average molecular weight is 440 g/mol. The van der Waals surface area contributed by atoms with Crippen molar-refractivity contribution in [3.8, 4) is 11.3 Å². The molecule has 1 fully saturated rings. The van der Waals surface area contributed by atoms with Crippen LogP contribution in [0.5, 0.6) is 0 Å². The molecule has 0 saturated carbocycles. The molecule has 1 saturated heterocycles. The van der Waals surface area contributed by atoms with Crippen molar-refractivity contribution in [1.29, 1.82) is 0 Å². The number of nitrogens with one attached hydrogen (secondary N) is 1. The fourth-order valence-corrected chi connectivity index (χ4v) is 3.55. The first-order valence-corrected chi connectivity index (χ1v) is 10.7. The fourth-order valence-electron chi connectivity index (χ4n) is 3.55. The number of carbonyl (C=O) groups is 2. The lowest BCUT2D eigenvalue weighted by molar-refractivity contribution is -0.133. The van der Waals surface area contributed by atoms with Gasteiger partial charge in [0.25, 0.3) is 0 Å². The summed E-state index contributed by atoms with van der Waals surface area (Å²) in [5.41, 5.74) is 4.13. The third-order valence-electron chi connectivity index (χ3n) is 5.92. The minimum Gasteiger partial charge on any atom is -0.353 e. The number of fused-ring (bicyclic) bond motifs is 1. The molecule has 2 aromatic heterocycles. The van der Waals surface area contributed by atoms with Gasteiger partial charge in [0.1, 0.15) is 11.5 Å². The third kappa shape index (κ3) is 4.70. The summed E-state index contributed by atoms with van der Waals surface area (Å²) in [5.74, 6) is 0.0884. The third-order valence-corrected chi connectivity index (χ3v) is 5.92. The summed E-state index contributed by atoms with van der Waals surface area (Å²) in [7, 11) is 1.97. The number of carbonyl (C=O) groups excluding carboxylic acids is 2. The summed E-state index contributed by atoms with van der Waals surface area (Å²) < 4.78 is 14.9. The Bertz CT molecular complexity index is 1150. The van der Waals surface area contributed by atoms with Crippen molar-refractivity contribution in [2.75, 3.05) is 20.1 Å². The van der Waals surface area contributed by atoms with Crippen LogP contribution in [0.4, 0.5) is 4.39 Å². The molecule has 3 heterocycles. The van der Waals surface area contributed by atoms with E-state index in [9.17, 15) is 14.0 Å². The number of aryl methyl sites for hydroxylation is 1. The molecule has 0 bridgehead atoms.